The van der Waals surface area contributed by atoms with Crippen molar-refractivity contribution in [2.45, 2.75) is 47.2 Å². The van der Waals surface area contributed by atoms with Crippen molar-refractivity contribution in [1.29, 1.82) is 0 Å². The number of nitrogens with zero attached hydrogens (tertiary/aromatic N) is 5. The lowest BCUT2D eigenvalue weighted by Gasteiger charge is -2.27. The fourth-order valence-electron chi connectivity index (χ4n) is 5.72. The van der Waals surface area contributed by atoms with Crippen LogP contribution in [0.5, 0.6) is 5.75 Å². The normalized spacial score (nSPS) is 14.7. The third-order valence-corrected chi connectivity index (χ3v) is 8.34. The Labute approximate surface area is 258 Å². The van der Waals surface area contributed by atoms with Gasteiger partial charge in [0.25, 0.3) is 5.56 Å². The molecule has 0 aliphatic carbocycles. The number of carbonyl (C=O) groups is 2. The summed E-state index contributed by atoms with van der Waals surface area (Å²) in [5, 5.41) is 1.67. The maximum Gasteiger partial charge on any atom is 0.258 e. The van der Waals surface area contributed by atoms with Gasteiger partial charge in [0.05, 0.1) is 18.0 Å². The van der Waals surface area contributed by atoms with Crippen molar-refractivity contribution in [2.75, 3.05) is 43.1 Å². The number of carbonyl (C=O) groups excluding carboxylic acids is 2. The lowest BCUT2D eigenvalue weighted by Crippen LogP contribution is -2.47. The zero-order valence-corrected chi connectivity index (χ0v) is 26.2. The van der Waals surface area contributed by atoms with Gasteiger partial charge in [0.1, 0.15) is 11.2 Å². The summed E-state index contributed by atoms with van der Waals surface area (Å²) in [4.78, 5) is 49.4. The van der Waals surface area contributed by atoms with E-state index in [1.807, 2.05) is 80.8 Å². The molecule has 2 aromatic heterocycles. The van der Waals surface area contributed by atoms with Gasteiger partial charge in [-0.15, -0.1) is 0 Å². The van der Waals surface area contributed by atoms with Crippen LogP contribution in [0, 0.1) is 12.3 Å². The van der Waals surface area contributed by atoms with Crippen LogP contribution >= 0.6 is 0 Å². The summed E-state index contributed by atoms with van der Waals surface area (Å²) >= 11 is 0. The summed E-state index contributed by atoms with van der Waals surface area (Å²) in [6.07, 6.45) is 4.53. The predicted octanol–water partition coefficient (Wildman–Crippen LogP) is 5.03. The predicted molar refractivity (Wildman–Crippen MR) is 174 cm³/mol. The smallest absolute Gasteiger partial charge is 0.258 e. The average molecular weight is 596 g/mol. The van der Waals surface area contributed by atoms with E-state index in [1.54, 1.807) is 35.3 Å². The Morgan fingerprint density at radius 1 is 0.932 bits per heavy atom. The van der Waals surface area contributed by atoms with E-state index in [1.165, 1.54) is 0 Å². The summed E-state index contributed by atoms with van der Waals surface area (Å²) in [6.45, 7) is 10.9. The van der Waals surface area contributed by atoms with Crippen molar-refractivity contribution in [1.82, 2.24) is 14.5 Å². The number of hydrogen-bond donors (Lipinski definition) is 0. The third kappa shape index (κ3) is 6.38. The van der Waals surface area contributed by atoms with E-state index < -0.39 is 5.41 Å². The molecular weight excluding hydrogens is 554 g/mol. The Balaban J connectivity index is 1.26. The van der Waals surface area contributed by atoms with Gasteiger partial charge in [0.2, 0.25) is 11.8 Å². The molecule has 0 radical (unpaired) electrons. The molecule has 2 aromatic carbocycles. The van der Waals surface area contributed by atoms with E-state index in [0.717, 1.165) is 35.0 Å². The molecule has 0 unspecified atom stereocenters. The van der Waals surface area contributed by atoms with Crippen molar-refractivity contribution < 1.29 is 14.3 Å². The molecule has 0 saturated carbocycles. The molecule has 1 aliphatic rings. The Hall–Kier alpha value is -4.50. The molecule has 5 rings (SSSR count). The van der Waals surface area contributed by atoms with Crippen molar-refractivity contribution in [2.24, 2.45) is 5.41 Å². The van der Waals surface area contributed by atoms with Gasteiger partial charge in [-0.05, 0) is 75.4 Å². The van der Waals surface area contributed by atoms with Crippen LogP contribution in [-0.2, 0) is 22.7 Å². The summed E-state index contributed by atoms with van der Waals surface area (Å²) in [6, 6.07) is 19.3. The molecule has 4 aromatic rings. The first kappa shape index (κ1) is 30.9. The number of hydrogen-bond acceptors (Lipinski definition) is 6. The number of rotatable bonds is 11. The van der Waals surface area contributed by atoms with E-state index >= 15 is 0 Å². The van der Waals surface area contributed by atoms with Gasteiger partial charge in [-0.25, -0.2) is 0 Å². The highest BCUT2D eigenvalue weighted by Crippen LogP contribution is 2.40. The van der Waals surface area contributed by atoms with E-state index in [9.17, 15) is 14.4 Å². The average Bonchev–Trinajstić information content (AvgIpc) is 3.07. The highest BCUT2D eigenvalue weighted by Gasteiger charge is 2.45. The van der Waals surface area contributed by atoms with Crippen molar-refractivity contribution in [3.05, 3.63) is 94.7 Å². The molecule has 0 N–H and O–H groups in total. The van der Waals surface area contributed by atoms with E-state index in [2.05, 4.69) is 16.0 Å². The molecule has 230 valence electrons. The van der Waals surface area contributed by atoms with E-state index in [0.29, 0.717) is 49.9 Å². The van der Waals surface area contributed by atoms with Crippen LogP contribution in [0.2, 0.25) is 0 Å². The number of amides is 2. The number of fused-ring (bicyclic) bond motifs is 2. The topological polar surface area (TPSA) is 88.0 Å². The zero-order chi connectivity index (χ0) is 31.4. The minimum absolute atomic E-state index is 0.0155. The van der Waals surface area contributed by atoms with Gasteiger partial charge in [-0.1, -0.05) is 24.3 Å². The first-order valence-corrected chi connectivity index (χ1v) is 15.2. The van der Waals surface area contributed by atoms with Gasteiger partial charge in [-0.3, -0.25) is 24.3 Å². The second-order valence-corrected chi connectivity index (χ2v) is 11.9. The molecule has 9 heteroatoms. The first-order valence-electron chi connectivity index (χ1n) is 15.2. The van der Waals surface area contributed by atoms with Gasteiger partial charge >= 0.3 is 0 Å². The monoisotopic (exact) mass is 595 g/mol. The van der Waals surface area contributed by atoms with Gasteiger partial charge in [0, 0.05) is 69.3 Å². The van der Waals surface area contributed by atoms with Crippen molar-refractivity contribution in [3.63, 3.8) is 0 Å². The summed E-state index contributed by atoms with van der Waals surface area (Å²) in [5.74, 6) is 0.186. The minimum Gasteiger partial charge on any atom is -0.493 e. The molecule has 0 spiro atoms. The number of aryl methyl sites for hydroxylation is 1. The molecule has 3 heterocycles. The van der Waals surface area contributed by atoms with Gasteiger partial charge in [-0.2, -0.15) is 0 Å². The second kappa shape index (κ2) is 13.0. The number of aromatic nitrogens is 2. The molecule has 1 aliphatic heterocycles. The molecule has 2 amide bonds. The number of anilines is 2. The van der Waals surface area contributed by atoms with E-state index in [-0.39, 0.29) is 17.4 Å². The molecule has 0 saturated heterocycles. The lowest BCUT2D eigenvalue weighted by atomic mass is 9.90. The summed E-state index contributed by atoms with van der Waals surface area (Å²) < 4.78 is 7.93. The highest BCUT2D eigenvalue weighted by atomic mass is 16.5. The van der Waals surface area contributed by atoms with Crippen LogP contribution in [0.25, 0.3) is 10.8 Å². The number of pyridine rings is 2. The second-order valence-electron chi connectivity index (χ2n) is 11.9. The summed E-state index contributed by atoms with van der Waals surface area (Å²) in [5.41, 5.74) is 2.30. The zero-order valence-electron chi connectivity index (χ0n) is 26.2. The van der Waals surface area contributed by atoms with Crippen molar-refractivity contribution in [3.8, 4) is 5.75 Å². The van der Waals surface area contributed by atoms with Crippen LogP contribution < -0.4 is 20.1 Å². The Kier molecular flexibility index (Phi) is 9.15. The lowest BCUT2D eigenvalue weighted by molar-refractivity contribution is -0.137. The van der Waals surface area contributed by atoms with Crippen molar-refractivity contribution >= 4 is 34.0 Å². The maximum absolute atomic E-state index is 13.2. The minimum atomic E-state index is -1.15. The SMILES string of the molecule is CCN1C(=O)C(C)(C)C(=O)N(C)c2cc(OCCCN(CCn3ccc4ccccc4c3=O)Cc3ccc(C)nc3)ccc21. The first-order chi connectivity index (χ1) is 21.1. The van der Waals surface area contributed by atoms with Crippen LogP contribution in [-0.4, -0.2) is 59.6 Å². The molecule has 0 bridgehead atoms. The van der Waals surface area contributed by atoms with E-state index in [4.69, 9.17) is 4.74 Å². The Morgan fingerprint density at radius 3 is 2.48 bits per heavy atom. The molecule has 44 heavy (non-hydrogen) atoms. The Bertz CT molecular complexity index is 1710. The van der Waals surface area contributed by atoms with Gasteiger partial charge in [0.15, 0.2) is 0 Å². The number of benzene rings is 2. The van der Waals surface area contributed by atoms with Gasteiger partial charge < -0.3 is 19.1 Å². The molecule has 0 fully saturated rings. The van der Waals surface area contributed by atoms with Crippen LogP contribution in [0.4, 0.5) is 11.4 Å². The van der Waals surface area contributed by atoms with Crippen LogP contribution in [0.3, 0.4) is 0 Å². The number of ether oxygens (including phenoxy) is 1. The summed E-state index contributed by atoms with van der Waals surface area (Å²) in [7, 11) is 1.71. The fourth-order valence-corrected chi connectivity index (χ4v) is 5.72. The highest BCUT2D eigenvalue weighted by molar-refractivity contribution is 6.20. The fraction of sp³-hybridized carbons (Fsp3) is 0.371. The standard InChI is InChI=1S/C35H41N5O4/c1-6-40-30-15-14-28(22-31(30)37(5)33(42)35(3,4)34(40)43)44-21-9-17-38(24-26-13-12-25(2)36-23-26)19-20-39-18-16-27-10-7-8-11-29(27)32(39)41/h7-8,10-16,18,22-23H,6,9,17,19-21,24H2,1-5H3. The molecule has 9 nitrogen and oxygen atoms in total. The molecule has 0 atom stereocenters. The van der Waals surface area contributed by atoms with Crippen LogP contribution in [0.1, 0.15) is 38.4 Å². The maximum atomic E-state index is 13.2. The van der Waals surface area contributed by atoms with Crippen LogP contribution in [0.15, 0.2) is 77.9 Å². The largest absolute Gasteiger partial charge is 0.493 e. The third-order valence-electron chi connectivity index (χ3n) is 8.34. The molecular formula is C35H41N5O4. The Morgan fingerprint density at radius 2 is 1.73 bits per heavy atom. The quantitative estimate of drug-likeness (QED) is 0.179.